The van der Waals surface area contributed by atoms with Gasteiger partial charge in [0.25, 0.3) is 0 Å². The molecule has 102 valence electrons. The van der Waals surface area contributed by atoms with Crippen LogP contribution in [-0.4, -0.2) is 31.3 Å². The molecule has 0 aromatic carbocycles. The average molecular weight is 272 g/mol. The Morgan fingerprint density at radius 3 is 2.78 bits per heavy atom. The Labute approximate surface area is 108 Å². The third-order valence-corrected chi connectivity index (χ3v) is 4.56. The van der Waals surface area contributed by atoms with Crippen LogP contribution in [0.2, 0.25) is 0 Å². The van der Waals surface area contributed by atoms with E-state index in [-0.39, 0.29) is 10.7 Å². The number of nitrogens with zero attached hydrogens (tertiary/aromatic N) is 2. The highest BCUT2D eigenvalue weighted by Gasteiger charge is 2.23. The van der Waals surface area contributed by atoms with Gasteiger partial charge in [-0.15, -0.1) is 0 Å². The number of pyridine rings is 1. The summed E-state index contributed by atoms with van der Waals surface area (Å²) in [5.41, 5.74) is 2.31. The summed E-state index contributed by atoms with van der Waals surface area (Å²) in [4.78, 5) is 4.00. The summed E-state index contributed by atoms with van der Waals surface area (Å²) in [6, 6.07) is 3.07. The van der Waals surface area contributed by atoms with E-state index < -0.39 is 10.0 Å². The fourth-order valence-electron chi connectivity index (χ4n) is 1.58. The smallest absolute Gasteiger partial charge is 0.246 e. The first-order valence-electron chi connectivity index (χ1n) is 5.92. The molecule has 0 amide bonds. The van der Waals surface area contributed by atoms with Gasteiger partial charge in [0.2, 0.25) is 10.0 Å². The number of aromatic nitrogens is 1. The van der Waals surface area contributed by atoms with Crippen molar-refractivity contribution in [3.8, 4) is 0 Å². The largest absolute Gasteiger partial charge is 0.307 e. The van der Waals surface area contributed by atoms with Crippen molar-refractivity contribution in [1.82, 2.24) is 9.29 Å². The van der Waals surface area contributed by atoms with Gasteiger partial charge in [-0.25, -0.2) is 23.5 Å². The van der Waals surface area contributed by atoms with Crippen molar-refractivity contribution < 1.29 is 8.42 Å². The van der Waals surface area contributed by atoms with Crippen molar-refractivity contribution in [3.05, 3.63) is 18.3 Å². The van der Waals surface area contributed by atoms with E-state index in [2.05, 4.69) is 17.3 Å². The molecule has 0 spiro atoms. The number of unbranched alkanes of at least 4 members (excludes halogenated alkanes) is 2. The average Bonchev–Trinajstić information content (AvgIpc) is 2.38. The Kier molecular flexibility index (Phi) is 5.52. The van der Waals surface area contributed by atoms with Crippen LogP contribution in [0.4, 0.5) is 5.82 Å². The molecule has 3 N–H and O–H groups in total. The van der Waals surface area contributed by atoms with Gasteiger partial charge >= 0.3 is 0 Å². The van der Waals surface area contributed by atoms with E-state index in [1.165, 1.54) is 16.6 Å². The molecule has 0 aliphatic heterocycles. The van der Waals surface area contributed by atoms with Crippen molar-refractivity contribution >= 4 is 15.8 Å². The molecular formula is C11H20N4O2S. The minimum atomic E-state index is -3.53. The minimum absolute atomic E-state index is 0.103. The zero-order valence-electron chi connectivity index (χ0n) is 10.8. The van der Waals surface area contributed by atoms with Gasteiger partial charge in [-0.1, -0.05) is 19.8 Å². The molecule has 0 saturated heterocycles. The van der Waals surface area contributed by atoms with Gasteiger partial charge in [-0.05, 0) is 18.6 Å². The lowest BCUT2D eigenvalue weighted by Crippen LogP contribution is -2.29. The highest BCUT2D eigenvalue weighted by atomic mass is 32.2. The zero-order chi connectivity index (χ0) is 13.6. The van der Waals surface area contributed by atoms with Crippen LogP contribution >= 0.6 is 0 Å². The first-order chi connectivity index (χ1) is 8.54. The van der Waals surface area contributed by atoms with Crippen molar-refractivity contribution in [2.45, 2.75) is 31.1 Å². The molecule has 0 aliphatic carbocycles. The van der Waals surface area contributed by atoms with E-state index in [0.717, 1.165) is 19.3 Å². The Morgan fingerprint density at radius 2 is 2.17 bits per heavy atom. The fraction of sp³-hybridized carbons (Fsp3) is 0.545. The molecule has 0 radical (unpaired) electrons. The second-order valence-electron chi connectivity index (χ2n) is 4.03. The van der Waals surface area contributed by atoms with E-state index in [0.29, 0.717) is 6.54 Å². The molecule has 1 heterocycles. The molecule has 1 aromatic rings. The standard InChI is InChI=1S/C11H20N4O2S/c1-3-4-5-9-15(2)18(16,17)10-7-6-8-13-11(10)14-12/h6-8H,3-5,9,12H2,1-2H3,(H,13,14). The summed E-state index contributed by atoms with van der Waals surface area (Å²) in [5, 5.41) is 0. The second-order valence-corrected chi connectivity index (χ2v) is 6.04. The van der Waals surface area contributed by atoms with Crippen LogP contribution < -0.4 is 11.3 Å². The lowest BCUT2D eigenvalue weighted by molar-refractivity contribution is 0.454. The maximum atomic E-state index is 12.3. The van der Waals surface area contributed by atoms with Gasteiger partial charge in [0.05, 0.1) is 0 Å². The van der Waals surface area contributed by atoms with E-state index in [1.54, 1.807) is 13.1 Å². The van der Waals surface area contributed by atoms with Gasteiger partial charge in [0.1, 0.15) is 4.90 Å². The molecule has 0 unspecified atom stereocenters. The topological polar surface area (TPSA) is 88.3 Å². The number of hydrazine groups is 1. The lowest BCUT2D eigenvalue weighted by Gasteiger charge is -2.18. The second kappa shape index (κ2) is 6.67. The molecule has 18 heavy (non-hydrogen) atoms. The maximum Gasteiger partial charge on any atom is 0.246 e. The molecule has 0 atom stereocenters. The number of nitrogens with two attached hydrogens (primary N) is 1. The number of sulfonamides is 1. The first-order valence-corrected chi connectivity index (χ1v) is 7.36. The van der Waals surface area contributed by atoms with E-state index >= 15 is 0 Å². The molecule has 1 aromatic heterocycles. The van der Waals surface area contributed by atoms with Gasteiger partial charge in [0.15, 0.2) is 5.82 Å². The summed E-state index contributed by atoms with van der Waals surface area (Å²) < 4.78 is 25.9. The van der Waals surface area contributed by atoms with Gasteiger partial charge in [-0.2, -0.15) is 0 Å². The summed E-state index contributed by atoms with van der Waals surface area (Å²) in [6.45, 7) is 2.57. The molecule has 0 bridgehead atoms. The van der Waals surface area contributed by atoms with Crippen molar-refractivity contribution in [2.75, 3.05) is 19.0 Å². The number of hydrogen-bond acceptors (Lipinski definition) is 5. The number of nitrogen functional groups attached to an aromatic ring is 1. The molecule has 7 heteroatoms. The lowest BCUT2D eigenvalue weighted by atomic mass is 10.2. The highest BCUT2D eigenvalue weighted by Crippen LogP contribution is 2.20. The molecule has 0 saturated carbocycles. The predicted octanol–water partition coefficient (Wildman–Crippen LogP) is 1.18. The Balaban J connectivity index is 2.91. The monoisotopic (exact) mass is 272 g/mol. The van der Waals surface area contributed by atoms with Crippen molar-refractivity contribution in [1.29, 1.82) is 0 Å². The van der Waals surface area contributed by atoms with Crippen LogP contribution in [0.1, 0.15) is 26.2 Å². The van der Waals surface area contributed by atoms with Crippen molar-refractivity contribution in [3.63, 3.8) is 0 Å². The number of nitrogens with one attached hydrogen (secondary N) is 1. The quantitative estimate of drug-likeness (QED) is 0.442. The summed E-state index contributed by atoms with van der Waals surface area (Å²) in [5.74, 6) is 5.44. The van der Waals surface area contributed by atoms with Crippen LogP contribution in [0.15, 0.2) is 23.2 Å². The number of anilines is 1. The van der Waals surface area contributed by atoms with Crippen LogP contribution in [0.3, 0.4) is 0 Å². The van der Waals surface area contributed by atoms with E-state index in [1.807, 2.05) is 0 Å². The van der Waals surface area contributed by atoms with Gasteiger partial charge in [-0.3, -0.25) is 0 Å². The van der Waals surface area contributed by atoms with Crippen molar-refractivity contribution in [2.24, 2.45) is 5.84 Å². The van der Waals surface area contributed by atoms with Gasteiger partial charge in [0, 0.05) is 19.8 Å². The molecular weight excluding hydrogens is 252 g/mol. The van der Waals surface area contributed by atoms with Crippen LogP contribution in [0.5, 0.6) is 0 Å². The SMILES string of the molecule is CCCCCN(C)S(=O)(=O)c1cccnc1NN. The molecule has 1 rings (SSSR count). The number of rotatable bonds is 7. The molecule has 0 fully saturated rings. The van der Waals surface area contributed by atoms with E-state index in [4.69, 9.17) is 5.84 Å². The zero-order valence-corrected chi connectivity index (χ0v) is 11.6. The Bertz CT molecular complexity index is 476. The molecule has 6 nitrogen and oxygen atoms in total. The van der Waals surface area contributed by atoms with Gasteiger partial charge < -0.3 is 5.43 Å². The maximum absolute atomic E-state index is 12.3. The normalized spacial score (nSPS) is 11.8. The summed E-state index contributed by atoms with van der Waals surface area (Å²) in [7, 11) is -1.97. The highest BCUT2D eigenvalue weighted by molar-refractivity contribution is 7.89. The Morgan fingerprint density at radius 1 is 1.44 bits per heavy atom. The Hall–Kier alpha value is -1.18. The molecule has 0 aliphatic rings. The minimum Gasteiger partial charge on any atom is -0.307 e. The van der Waals surface area contributed by atoms with Crippen LogP contribution in [0, 0.1) is 0 Å². The number of hydrogen-bond donors (Lipinski definition) is 2. The first kappa shape index (κ1) is 14.9. The van der Waals surface area contributed by atoms with E-state index in [9.17, 15) is 8.42 Å². The summed E-state index contributed by atoms with van der Waals surface area (Å²) >= 11 is 0. The fourth-order valence-corrected chi connectivity index (χ4v) is 2.89. The van der Waals surface area contributed by atoms with Crippen LogP contribution in [0.25, 0.3) is 0 Å². The third-order valence-electron chi connectivity index (χ3n) is 2.67. The van der Waals surface area contributed by atoms with Crippen LogP contribution in [-0.2, 0) is 10.0 Å². The third kappa shape index (κ3) is 3.41. The summed E-state index contributed by atoms with van der Waals surface area (Å²) in [6.07, 6.45) is 4.40. The predicted molar refractivity (Wildman–Crippen MR) is 71.4 cm³/mol.